The summed E-state index contributed by atoms with van der Waals surface area (Å²) in [7, 11) is 0. The lowest BCUT2D eigenvalue weighted by atomic mass is 10.0. The van der Waals surface area contributed by atoms with Crippen LogP contribution >= 0.6 is 11.3 Å². The molecule has 1 aliphatic rings. The Bertz CT molecular complexity index is 604. The SMILES string of the molecule is Cc1sc2ncnc(NCC3(CCO)CC3)c2c1C. The zero-order valence-corrected chi connectivity index (χ0v) is 12.2. The predicted molar refractivity (Wildman–Crippen MR) is 78.7 cm³/mol. The van der Waals surface area contributed by atoms with Crippen molar-refractivity contribution in [3.8, 4) is 0 Å². The molecular formula is C14H19N3OS. The summed E-state index contributed by atoms with van der Waals surface area (Å²) >= 11 is 1.72. The van der Waals surface area contributed by atoms with Crippen molar-refractivity contribution < 1.29 is 5.11 Å². The summed E-state index contributed by atoms with van der Waals surface area (Å²) < 4.78 is 0. The molecule has 0 aromatic carbocycles. The number of aliphatic hydroxyl groups is 1. The summed E-state index contributed by atoms with van der Waals surface area (Å²) in [5.41, 5.74) is 1.57. The van der Waals surface area contributed by atoms with Crippen molar-refractivity contribution in [2.75, 3.05) is 18.5 Å². The summed E-state index contributed by atoms with van der Waals surface area (Å²) in [6.07, 6.45) is 4.93. The largest absolute Gasteiger partial charge is 0.396 e. The fraction of sp³-hybridized carbons (Fsp3) is 0.571. The second kappa shape index (κ2) is 4.72. The van der Waals surface area contributed by atoms with Gasteiger partial charge in [0.25, 0.3) is 0 Å². The van der Waals surface area contributed by atoms with Gasteiger partial charge in [-0.1, -0.05) is 0 Å². The van der Waals surface area contributed by atoms with Gasteiger partial charge in [0.15, 0.2) is 0 Å². The maximum Gasteiger partial charge on any atom is 0.138 e. The molecule has 3 rings (SSSR count). The number of thiophene rings is 1. The van der Waals surface area contributed by atoms with Crippen molar-refractivity contribution in [2.45, 2.75) is 33.1 Å². The summed E-state index contributed by atoms with van der Waals surface area (Å²) in [6.45, 7) is 5.42. The van der Waals surface area contributed by atoms with Gasteiger partial charge in [-0.15, -0.1) is 11.3 Å². The Balaban J connectivity index is 1.85. The van der Waals surface area contributed by atoms with Gasteiger partial charge in [-0.3, -0.25) is 0 Å². The molecule has 1 fully saturated rings. The predicted octanol–water partition coefficient (Wildman–Crippen LogP) is 2.88. The number of nitrogens with one attached hydrogen (secondary N) is 1. The lowest BCUT2D eigenvalue weighted by Gasteiger charge is -2.15. The summed E-state index contributed by atoms with van der Waals surface area (Å²) in [6, 6.07) is 0. The fourth-order valence-electron chi connectivity index (χ4n) is 2.52. The molecule has 0 bridgehead atoms. The second-order valence-electron chi connectivity index (χ2n) is 5.51. The number of aliphatic hydroxyl groups excluding tert-OH is 1. The standard InChI is InChI=1S/C14H19N3OS/c1-9-10(2)19-13-11(9)12(16-8-17-13)15-7-14(3-4-14)5-6-18/h8,18H,3-7H2,1-2H3,(H,15,16,17). The van der Waals surface area contributed by atoms with Crippen LogP contribution in [0.4, 0.5) is 5.82 Å². The third kappa shape index (κ3) is 2.32. The molecule has 0 spiro atoms. The number of anilines is 1. The summed E-state index contributed by atoms with van der Waals surface area (Å²) in [4.78, 5) is 11.1. The van der Waals surface area contributed by atoms with E-state index in [1.165, 1.54) is 23.3 Å². The number of aromatic nitrogens is 2. The van der Waals surface area contributed by atoms with E-state index in [1.807, 2.05) is 0 Å². The topological polar surface area (TPSA) is 58.0 Å². The third-order valence-corrected chi connectivity index (χ3v) is 5.31. The van der Waals surface area contributed by atoms with E-state index in [9.17, 15) is 0 Å². The molecule has 2 heterocycles. The van der Waals surface area contributed by atoms with E-state index in [1.54, 1.807) is 17.7 Å². The first kappa shape index (κ1) is 12.8. The van der Waals surface area contributed by atoms with Crippen LogP contribution in [0.15, 0.2) is 6.33 Å². The number of nitrogens with zero attached hydrogens (tertiary/aromatic N) is 2. The molecule has 2 aromatic rings. The Labute approximate surface area is 116 Å². The van der Waals surface area contributed by atoms with Crippen molar-refractivity contribution in [2.24, 2.45) is 5.41 Å². The molecule has 4 nitrogen and oxygen atoms in total. The average Bonchev–Trinajstić information content (AvgIpc) is 3.10. The first-order valence-electron chi connectivity index (χ1n) is 6.71. The normalized spacial score (nSPS) is 16.8. The smallest absolute Gasteiger partial charge is 0.138 e. The van der Waals surface area contributed by atoms with Gasteiger partial charge in [-0.25, -0.2) is 9.97 Å². The lowest BCUT2D eigenvalue weighted by Crippen LogP contribution is -2.17. The van der Waals surface area contributed by atoms with Crippen molar-refractivity contribution in [3.63, 3.8) is 0 Å². The highest BCUT2D eigenvalue weighted by Crippen LogP contribution is 2.48. The Morgan fingerprint density at radius 3 is 2.84 bits per heavy atom. The van der Waals surface area contributed by atoms with Crippen LogP contribution in [0.25, 0.3) is 10.2 Å². The van der Waals surface area contributed by atoms with E-state index in [0.29, 0.717) is 5.41 Å². The van der Waals surface area contributed by atoms with Crippen LogP contribution in [0.2, 0.25) is 0 Å². The second-order valence-corrected chi connectivity index (χ2v) is 6.72. The zero-order valence-electron chi connectivity index (χ0n) is 11.4. The molecule has 0 amide bonds. The minimum absolute atomic E-state index is 0.275. The van der Waals surface area contributed by atoms with Crippen LogP contribution in [0.3, 0.4) is 0 Å². The molecule has 5 heteroatoms. The van der Waals surface area contributed by atoms with Gasteiger partial charge in [0.1, 0.15) is 17.0 Å². The first-order chi connectivity index (χ1) is 9.15. The van der Waals surface area contributed by atoms with E-state index in [4.69, 9.17) is 5.11 Å². The monoisotopic (exact) mass is 277 g/mol. The molecule has 2 aromatic heterocycles. The summed E-state index contributed by atoms with van der Waals surface area (Å²) in [5, 5.41) is 13.7. The molecule has 0 aliphatic heterocycles. The molecule has 0 saturated heterocycles. The molecule has 1 aliphatic carbocycles. The Morgan fingerprint density at radius 2 is 2.16 bits per heavy atom. The third-order valence-electron chi connectivity index (χ3n) is 4.20. The van der Waals surface area contributed by atoms with Gasteiger partial charge < -0.3 is 10.4 Å². The number of fused-ring (bicyclic) bond motifs is 1. The first-order valence-corrected chi connectivity index (χ1v) is 7.52. The van der Waals surface area contributed by atoms with E-state index in [2.05, 4.69) is 29.1 Å². The molecule has 0 atom stereocenters. The van der Waals surface area contributed by atoms with Crippen LogP contribution in [0.5, 0.6) is 0 Å². The molecule has 19 heavy (non-hydrogen) atoms. The molecule has 1 saturated carbocycles. The average molecular weight is 277 g/mol. The highest BCUT2D eigenvalue weighted by molar-refractivity contribution is 7.18. The Kier molecular flexibility index (Phi) is 3.19. The Morgan fingerprint density at radius 1 is 1.37 bits per heavy atom. The minimum Gasteiger partial charge on any atom is -0.396 e. The van der Waals surface area contributed by atoms with E-state index >= 15 is 0 Å². The number of rotatable bonds is 5. The molecule has 0 unspecified atom stereocenters. The maximum atomic E-state index is 9.11. The van der Waals surface area contributed by atoms with Crippen LogP contribution in [0.1, 0.15) is 29.7 Å². The van der Waals surface area contributed by atoms with Crippen LogP contribution in [-0.2, 0) is 0 Å². The minimum atomic E-state index is 0.275. The van der Waals surface area contributed by atoms with E-state index in [-0.39, 0.29) is 6.61 Å². The fourth-order valence-corrected chi connectivity index (χ4v) is 3.51. The zero-order chi connectivity index (χ0) is 13.5. The quantitative estimate of drug-likeness (QED) is 0.882. The highest BCUT2D eigenvalue weighted by Gasteiger charge is 2.41. The number of hydrogen-bond acceptors (Lipinski definition) is 5. The molecule has 102 valence electrons. The van der Waals surface area contributed by atoms with Crippen LogP contribution in [0, 0.1) is 19.3 Å². The molecular weight excluding hydrogens is 258 g/mol. The van der Waals surface area contributed by atoms with Crippen molar-refractivity contribution >= 4 is 27.4 Å². The van der Waals surface area contributed by atoms with Gasteiger partial charge in [0, 0.05) is 18.0 Å². The van der Waals surface area contributed by atoms with E-state index < -0.39 is 0 Å². The lowest BCUT2D eigenvalue weighted by molar-refractivity contribution is 0.253. The molecule has 0 radical (unpaired) electrons. The van der Waals surface area contributed by atoms with Crippen LogP contribution in [-0.4, -0.2) is 28.2 Å². The van der Waals surface area contributed by atoms with Crippen molar-refractivity contribution in [1.82, 2.24) is 9.97 Å². The van der Waals surface area contributed by atoms with Crippen molar-refractivity contribution in [3.05, 3.63) is 16.8 Å². The molecule has 2 N–H and O–H groups in total. The van der Waals surface area contributed by atoms with Crippen LogP contribution < -0.4 is 5.32 Å². The Hall–Kier alpha value is -1.20. The number of hydrogen-bond donors (Lipinski definition) is 2. The van der Waals surface area contributed by atoms with E-state index in [0.717, 1.165) is 29.0 Å². The highest BCUT2D eigenvalue weighted by atomic mass is 32.1. The summed E-state index contributed by atoms with van der Waals surface area (Å²) in [5.74, 6) is 0.941. The van der Waals surface area contributed by atoms with Crippen molar-refractivity contribution in [1.29, 1.82) is 0 Å². The van der Waals surface area contributed by atoms with Gasteiger partial charge in [-0.2, -0.15) is 0 Å². The maximum absolute atomic E-state index is 9.11. The van der Waals surface area contributed by atoms with Gasteiger partial charge >= 0.3 is 0 Å². The van der Waals surface area contributed by atoms with Gasteiger partial charge in [0.2, 0.25) is 0 Å². The van der Waals surface area contributed by atoms with Gasteiger partial charge in [0.05, 0.1) is 5.39 Å². The van der Waals surface area contributed by atoms with Gasteiger partial charge in [-0.05, 0) is 44.1 Å². The number of aryl methyl sites for hydroxylation is 2.